The van der Waals surface area contributed by atoms with Crippen LogP contribution in [0.15, 0.2) is 78.0 Å². The first kappa shape index (κ1) is 19.9. The molecule has 152 valence electrons. The van der Waals surface area contributed by atoms with Crippen molar-refractivity contribution in [3.8, 4) is 11.4 Å². The zero-order valence-corrected chi connectivity index (χ0v) is 17.2. The van der Waals surface area contributed by atoms with E-state index in [1.807, 2.05) is 43.3 Å². The molecule has 4 rings (SSSR count). The van der Waals surface area contributed by atoms with E-state index in [4.69, 9.17) is 0 Å². The molecule has 0 saturated heterocycles. The first-order chi connectivity index (χ1) is 14.5. The third-order valence-electron chi connectivity index (χ3n) is 4.58. The lowest BCUT2D eigenvalue weighted by Crippen LogP contribution is -2.29. The van der Waals surface area contributed by atoms with Crippen molar-refractivity contribution in [2.24, 2.45) is 0 Å². The molecule has 0 bridgehead atoms. The van der Waals surface area contributed by atoms with E-state index in [2.05, 4.69) is 25.0 Å². The molecule has 2 aromatic heterocycles. The van der Waals surface area contributed by atoms with E-state index in [9.17, 15) is 8.42 Å². The average molecular weight is 420 g/mol. The van der Waals surface area contributed by atoms with Gasteiger partial charge >= 0.3 is 0 Å². The van der Waals surface area contributed by atoms with Crippen LogP contribution < -0.4 is 10.0 Å². The Kier molecular flexibility index (Phi) is 5.69. The summed E-state index contributed by atoms with van der Waals surface area (Å²) in [4.78, 5) is 13.6. The second-order valence-corrected chi connectivity index (χ2v) is 8.55. The van der Waals surface area contributed by atoms with Crippen molar-refractivity contribution in [1.82, 2.24) is 19.7 Å². The van der Waals surface area contributed by atoms with E-state index in [-0.39, 0.29) is 11.4 Å². The highest BCUT2D eigenvalue weighted by atomic mass is 32.2. The minimum atomic E-state index is -3.55. The number of rotatable bonds is 7. The zero-order valence-electron chi connectivity index (χ0n) is 16.4. The Balaban J connectivity index is 1.50. The summed E-state index contributed by atoms with van der Waals surface area (Å²) in [6.07, 6.45) is 3.39. The van der Waals surface area contributed by atoms with Gasteiger partial charge in [0.05, 0.1) is 10.4 Å². The quantitative estimate of drug-likeness (QED) is 0.446. The van der Waals surface area contributed by atoms with Gasteiger partial charge in [0.15, 0.2) is 5.82 Å². The molecule has 7 nitrogen and oxygen atoms in total. The first-order valence-electron chi connectivity index (χ1n) is 9.50. The normalized spacial score (nSPS) is 11.5. The third kappa shape index (κ3) is 4.45. The van der Waals surface area contributed by atoms with Crippen LogP contribution in [-0.4, -0.2) is 36.5 Å². The van der Waals surface area contributed by atoms with Crippen LogP contribution in [0, 0.1) is 6.92 Å². The fourth-order valence-electron chi connectivity index (χ4n) is 3.01. The maximum Gasteiger partial charge on any atom is 0.240 e. The monoisotopic (exact) mass is 419 g/mol. The number of aryl methyl sites for hydroxylation is 1. The molecule has 0 aliphatic rings. The highest BCUT2D eigenvalue weighted by molar-refractivity contribution is 7.89. The van der Waals surface area contributed by atoms with Gasteiger partial charge in [0.2, 0.25) is 10.0 Å². The second kappa shape index (κ2) is 8.56. The molecule has 0 atom stereocenters. The number of sulfonamides is 1. The van der Waals surface area contributed by atoms with Gasteiger partial charge in [-0.3, -0.25) is 4.98 Å². The van der Waals surface area contributed by atoms with Gasteiger partial charge in [-0.2, -0.15) is 0 Å². The largest absolute Gasteiger partial charge is 0.368 e. The molecule has 0 radical (unpaired) electrons. The number of para-hydroxylation sites is 1. The van der Waals surface area contributed by atoms with Gasteiger partial charge in [0, 0.05) is 36.4 Å². The zero-order chi connectivity index (χ0) is 21.0. The Morgan fingerprint density at radius 1 is 0.867 bits per heavy atom. The van der Waals surface area contributed by atoms with Gasteiger partial charge < -0.3 is 5.32 Å². The van der Waals surface area contributed by atoms with Crippen molar-refractivity contribution < 1.29 is 8.42 Å². The standard InChI is InChI=1S/C22H21N5O2S/c1-16-6-8-18(9-7-16)30(28,29)25-15-14-24-22-19-4-2-3-5-20(19)26-21(27-22)17-10-12-23-13-11-17/h2-13,25H,14-15H2,1H3,(H,24,26,27). The van der Waals surface area contributed by atoms with Crippen molar-refractivity contribution in [1.29, 1.82) is 0 Å². The molecule has 2 N–H and O–H groups in total. The highest BCUT2D eigenvalue weighted by Gasteiger charge is 2.13. The summed E-state index contributed by atoms with van der Waals surface area (Å²) >= 11 is 0. The molecular weight excluding hydrogens is 398 g/mol. The molecule has 4 aromatic rings. The lowest BCUT2D eigenvalue weighted by atomic mass is 10.2. The van der Waals surface area contributed by atoms with Crippen LogP contribution in [0.1, 0.15) is 5.56 Å². The Labute approximate surface area is 175 Å². The number of pyridine rings is 1. The third-order valence-corrected chi connectivity index (χ3v) is 6.06. The van der Waals surface area contributed by atoms with Gasteiger partial charge in [0.1, 0.15) is 5.82 Å². The predicted octanol–water partition coefficient (Wildman–Crippen LogP) is 3.39. The van der Waals surface area contributed by atoms with Gasteiger partial charge in [-0.05, 0) is 43.3 Å². The maximum atomic E-state index is 12.4. The van der Waals surface area contributed by atoms with Crippen LogP contribution in [0.25, 0.3) is 22.3 Å². The van der Waals surface area contributed by atoms with Crippen LogP contribution in [0.3, 0.4) is 0 Å². The molecule has 0 spiro atoms. The molecule has 0 saturated carbocycles. The van der Waals surface area contributed by atoms with Crippen molar-refractivity contribution in [2.75, 3.05) is 18.4 Å². The van der Waals surface area contributed by atoms with Crippen LogP contribution in [-0.2, 0) is 10.0 Å². The van der Waals surface area contributed by atoms with Gasteiger partial charge in [-0.1, -0.05) is 29.8 Å². The topological polar surface area (TPSA) is 96.9 Å². The maximum absolute atomic E-state index is 12.4. The van der Waals surface area contributed by atoms with Gasteiger partial charge in [-0.25, -0.2) is 23.1 Å². The van der Waals surface area contributed by atoms with Gasteiger partial charge in [-0.15, -0.1) is 0 Å². The van der Waals surface area contributed by atoms with E-state index >= 15 is 0 Å². The number of aromatic nitrogens is 3. The number of fused-ring (bicyclic) bond motifs is 1. The number of anilines is 1. The predicted molar refractivity (Wildman–Crippen MR) is 118 cm³/mol. The summed E-state index contributed by atoms with van der Waals surface area (Å²) in [7, 11) is -3.55. The number of hydrogen-bond acceptors (Lipinski definition) is 6. The Morgan fingerprint density at radius 3 is 2.37 bits per heavy atom. The minimum Gasteiger partial charge on any atom is -0.368 e. The van der Waals surface area contributed by atoms with E-state index in [1.54, 1.807) is 36.7 Å². The van der Waals surface area contributed by atoms with Crippen LogP contribution in [0.4, 0.5) is 5.82 Å². The van der Waals surface area contributed by atoms with E-state index in [0.717, 1.165) is 22.0 Å². The van der Waals surface area contributed by atoms with Gasteiger partial charge in [0.25, 0.3) is 0 Å². The Hall–Kier alpha value is -3.36. The molecule has 0 unspecified atom stereocenters. The van der Waals surface area contributed by atoms with Crippen LogP contribution in [0.2, 0.25) is 0 Å². The van der Waals surface area contributed by atoms with Crippen LogP contribution >= 0.6 is 0 Å². The molecule has 0 aliphatic carbocycles. The van der Waals surface area contributed by atoms with E-state index in [1.165, 1.54) is 0 Å². The first-order valence-corrected chi connectivity index (χ1v) is 11.0. The molecular formula is C22H21N5O2S. The average Bonchev–Trinajstić information content (AvgIpc) is 2.77. The summed E-state index contributed by atoms with van der Waals surface area (Å²) in [5.41, 5.74) is 2.68. The highest BCUT2D eigenvalue weighted by Crippen LogP contribution is 2.24. The Bertz CT molecular complexity index is 1260. The lowest BCUT2D eigenvalue weighted by Gasteiger charge is -2.12. The fraction of sp³-hybridized carbons (Fsp3) is 0.136. The fourth-order valence-corrected chi connectivity index (χ4v) is 4.04. The summed E-state index contributed by atoms with van der Waals surface area (Å²) in [5, 5.41) is 4.11. The van der Waals surface area contributed by atoms with E-state index in [0.29, 0.717) is 18.2 Å². The molecule has 0 amide bonds. The summed E-state index contributed by atoms with van der Waals surface area (Å²) in [6.45, 7) is 2.51. The smallest absolute Gasteiger partial charge is 0.240 e. The van der Waals surface area contributed by atoms with Crippen molar-refractivity contribution in [3.05, 3.63) is 78.6 Å². The molecule has 30 heavy (non-hydrogen) atoms. The lowest BCUT2D eigenvalue weighted by molar-refractivity contribution is 0.583. The molecule has 0 aliphatic heterocycles. The number of benzene rings is 2. The van der Waals surface area contributed by atoms with Crippen molar-refractivity contribution >= 4 is 26.7 Å². The van der Waals surface area contributed by atoms with Crippen molar-refractivity contribution in [3.63, 3.8) is 0 Å². The summed E-state index contributed by atoms with van der Waals surface area (Å²) in [6, 6.07) is 18.2. The minimum absolute atomic E-state index is 0.221. The number of nitrogens with zero attached hydrogens (tertiary/aromatic N) is 3. The molecule has 2 aromatic carbocycles. The van der Waals surface area contributed by atoms with Crippen molar-refractivity contribution in [2.45, 2.75) is 11.8 Å². The molecule has 0 fully saturated rings. The number of hydrogen-bond donors (Lipinski definition) is 2. The molecule has 2 heterocycles. The number of nitrogens with one attached hydrogen (secondary N) is 2. The second-order valence-electron chi connectivity index (χ2n) is 6.79. The molecule has 8 heteroatoms. The van der Waals surface area contributed by atoms with Crippen LogP contribution in [0.5, 0.6) is 0 Å². The summed E-state index contributed by atoms with van der Waals surface area (Å²) < 4.78 is 27.5. The SMILES string of the molecule is Cc1ccc(S(=O)(=O)NCCNc2nc(-c3ccncc3)nc3ccccc23)cc1. The Morgan fingerprint density at radius 2 is 1.60 bits per heavy atom. The van der Waals surface area contributed by atoms with E-state index < -0.39 is 10.0 Å². The summed E-state index contributed by atoms with van der Waals surface area (Å²) in [5.74, 6) is 1.24.